The van der Waals surface area contributed by atoms with Gasteiger partial charge in [0.2, 0.25) is 0 Å². The number of phenolic OH excluding ortho intramolecular Hbond substituents is 1. The van der Waals surface area contributed by atoms with E-state index in [1.54, 1.807) is 6.07 Å². The van der Waals surface area contributed by atoms with Crippen LogP contribution in [0.3, 0.4) is 0 Å². The van der Waals surface area contributed by atoms with E-state index < -0.39 is 0 Å². The zero-order valence-corrected chi connectivity index (χ0v) is 16.4. The quantitative estimate of drug-likeness (QED) is 0.298. The van der Waals surface area contributed by atoms with E-state index in [9.17, 15) is 5.11 Å². The van der Waals surface area contributed by atoms with Crippen LogP contribution in [-0.2, 0) is 0 Å². The second-order valence-corrected chi connectivity index (χ2v) is 7.20. The zero-order valence-electron chi connectivity index (χ0n) is 16.4. The Morgan fingerprint density at radius 1 is 0.750 bits per heavy atom. The average Bonchev–Trinajstić information content (AvgIpc) is 2.60. The fraction of sp³-hybridized carbons (Fsp3) is 0.727. The van der Waals surface area contributed by atoms with Gasteiger partial charge in [-0.1, -0.05) is 64.4 Å². The average molecular weight is 335 g/mol. The van der Waals surface area contributed by atoms with Crippen molar-refractivity contribution in [1.29, 1.82) is 0 Å². The number of phenols is 1. The van der Waals surface area contributed by atoms with Crippen LogP contribution in [0.1, 0.15) is 85.0 Å². The molecule has 0 fully saturated rings. The van der Waals surface area contributed by atoms with Crippen molar-refractivity contribution in [3.8, 4) is 5.75 Å². The van der Waals surface area contributed by atoms with Crippen LogP contribution >= 0.6 is 0 Å². The molecule has 1 rings (SSSR count). The fourth-order valence-corrected chi connectivity index (χ4v) is 3.72. The normalized spacial score (nSPS) is 11.8. The summed E-state index contributed by atoms with van der Waals surface area (Å²) in [5, 5.41) is 9.80. The summed E-state index contributed by atoms with van der Waals surface area (Å²) in [6, 6.07) is 7.86. The minimum Gasteiger partial charge on any atom is -0.508 e. The molecule has 0 atom stereocenters. The summed E-state index contributed by atoms with van der Waals surface area (Å²) in [6.45, 7) is 10.2. The molecule has 0 radical (unpaired) electrons. The number of unbranched alkanes of at least 4 members (excludes halogenated alkanes) is 9. The number of nitrogens with zero attached hydrogens (tertiary/aromatic N) is 1. The van der Waals surface area contributed by atoms with E-state index in [1.807, 2.05) is 12.1 Å². The van der Waals surface area contributed by atoms with Gasteiger partial charge in [0, 0.05) is 6.07 Å². The number of benzene rings is 1. The van der Waals surface area contributed by atoms with Gasteiger partial charge in [0.25, 0.3) is 0 Å². The second-order valence-electron chi connectivity index (χ2n) is 7.20. The molecule has 0 saturated carbocycles. The third-order valence-corrected chi connectivity index (χ3v) is 5.53. The summed E-state index contributed by atoms with van der Waals surface area (Å²) >= 11 is 0. The Balaban J connectivity index is 2.27. The number of hydrogen-bond donors (Lipinski definition) is 1. The van der Waals surface area contributed by atoms with Crippen LogP contribution in [0.4, 0.5) is 5.69 Å². The maximum atomic E-state index is 9.80. The van der Waals surface area contributed by atoms with Crippen molar-refractivity contribution in [3.63, 3.8) is 0 Å². The van der Waals surface area contributed by atoms with Crippen LogP contribution in [0.2, 0.25) is 0 Å². The molecular formula is C22H40NO+. The highest BCUT2D eigenvalue weighted by molar-refractivity contribution is 5.47. The first-order valence-corrected chi connectivity index (χ1v) is 10.3. The summed E-state index contributed by atoms with van der Waals surface area (Å²) in [6.07, 6.45) is 13.8. The van der Waals surface area contributed by atoms with Crippen LogP contribution in [0, 0.1) is 0 Å². The van der Waals surface area contributed by atoms with E-state index in [4.69, 9.17) is 0 Å². The van der Waals surface area contributed by atoms with Gasteiger partial charge >= 0.3 is 0 Å². The van der Waals surface area contributed by atoms with Gasteiger partial charge in [0.05, 0.1) is 19.6 Å². The lowest BCUT2D eigenvalue weighted by atomic mass is 10.1. The molecule has 0 aliphatic carbocycles. The van der Waals surface area contributed by atoms with Crippen molar-refractivity contribution in [3.05, 3.63) is 24.3 Å². The number of rotatable bonds is 14. The lowest BCUT2D eigenvalue weighted by molar-refractivity contribution is 0.290. The Bertz CT molecular complexity index is 426. The maximum absolute atomic E-state index is 9.80. The smallest absolute Gasteiger partial charge is 0.136 e. The molecule has 2 heteroatoms. The largest absolute Gasteiger partial charge is 0.508 e. The molecule has 1 N–H and O–H groups in total. The molecule has 24 heavy (non-hydrogen) atoms. The van der Waals surface area contributed by atoms with Gasteiger partial charge in [-0.2, -0.15) is 0 Å². The van der Waals surface area contributed by atoms with E-state index in [1.165, 1.54) is 76.4 Å². The predicted molar refractivity (Wildman–Crippen MR) is 108 cm³/mol. The predicted octanol–water partition coefficient (Wildman–Crippen LogP) is 6.66. The Morgan fingerprint density at radius 3 is 1.79 bits per heavy atom. The molecule has 0 bridgehead atoms. The lowest BCUT2D eigenvalue weighted by Crippen LogP contribution is -2.49. The van der Waals surface area contributed by atoms with Gasteiger partial charge in [-0.3, -0.25) is 4.48 Å². The van der Waals surface area contributed by atoms with Crippen molar-refractivity contribution < 1.29 is 5.11 Å². The lowest BCUT2D eigenvalue weighted by Gasteiger charge is -2.36. The first-order valence-electron chi connectivity index (χ1n) is 10.3. The highest BCUT2D eigenvalue weighted by atomic mass is 16.3. The van der Waals surface area contributed by atoms with E-state index in [0.717, 1.165) is 17.6 Å². The third-order valence-electron chi connectivity index (χ3n) is 5.53. The fourth-order valence-electron chi connectivity index (χ4n) is 3.72. The first-order chi connectivity index (χ1) is 11.7. The molecular weight excluding hydrogens is 294 g/mol. The van der Waals surface area contributed by atoms with Gasteiger partial charge < -0.3 is 5.11 Å². The Morgan fingerprint density at radius 2 is 1.29 bits per heavy atom. The molecule has 0 unspecified atom stereocenters. The molecule has 0 aliphatic rings. The van der Waals surface area contributed by atoms with E-state index in [-0.39, 0.29) is 0 Å². The molecule has 1 aromatic rings. The molecule has 0 saturated heterocycles. The molecule has 0 aliphatic heterocycles. The standard InChI is InChI=1S/C22H39NO/c1-4-7-8-9-10-11-12-13-14-15-19-23(5-2,6-3)21-17-16-18-22(24)20-21/h16-18,20H,4-15,19H2,1-3H3/p+1. The van der Waals surface area contributed by atoms with Crippen LogP contribution in [0.25, 0.3) is 0 Å². The Kier molecular flexibility index (Phi) is 10.8. The van der Waals surface area contributed by atoms with Crippen LogP contribution in [0.5, 0.6) is 5.75 Å². The Labute approximate surface area is 150 Å². The zero-order chi connectivity index (χ0) is 17.7. The van der Waals surface area contributed by atoms with E-state index in [2.05, 4.69) is 26.8 Å². The van der Waals surface area contributed by atoms with Gasteiger partial charge in [0.1, 0.15) is 11.4 Å². The van der Waals surface area contributed by atoms with Crippen molar-refractivity contribution in [2.24, 2.45) is 0 Å². The highest BCUT2D eigenvalue weighted by Crippen LogP contribution is 2.27. The summed E-state index contributed by atoms with van der Waals surface area (Å²) in [5.74, 6) is 0.389. The van der Waals surface area contributed by atoms with Crippen molar-refractivity contribution in [2.45, 2.75) is 85.0 Å². The topological polar surface area (TPSA) is 20.2 Å². The van der Waals surface area contributed by atoms with Crippen LogP contribution < -0.4 is 4.48 Å². The minimum absolute atomic E-state index is 0.389. The van der Waals surface area contributed by atoms with Crippen molar-refractivity contribution in [1.82, 2.24) is 4.48 Å². The van der Waals surface area contributed by atoms with Crippen molar-refractivity contribution in [2.75, 3.05) is 19.6 Å². The second kappa shape index (κ2) is 12.4. The van der Waals surface area contributed by atoms with Crippen LogP contribution in [-0.4, -0.2) is 24.7 Å². The van der Waals surface area contributed by atoms with Crippen molar-refractivity contribution >= 4 is 5.69 Å². The highest BCUT2D eigenvalue weighted by Gasteiger charge is 2.26. The molecule has 138 valence electrons. The molecule has 2 nitrogen and oxygen atoms in total. The van der Waals surface area contributed by atoms with Gasteiger partial charge in [-0.05, 0) is 38.8 Å². The maximum Gasteiger partial charge on any atom is 0.136 e. The first kappa shape index (κ1) is 21.0. The summed E-state index contributed by atoms with van der Waals surface area (Å²) in [4.78, 5) is 0. The molecule has 0 spiro atoms. The molecule has 1 aromatic carbocycles. The third kappa shape index (κ3) is 7.25. The molecule has 0 aromatic heterocycles. The molecule has 0 amide bonds. The summed E-state index contributed by atoms with van der Waals surface area (Å²) < 4.78 is 0.991. The summed E-state index contributed by atoms with van der Waals surface area (Å²) in [5.41, 5.74) is 1.26. The SMILES string of the molecule is CCCCCCCCCCCC[N+](CC)(CC)c1cccc(O)c1. The van der Waals surface area contributed by atoms with E-state index in [0.29, 0.717) is 5.75 Å². The van der Waals surface area contributed by atoms with Gasteiger partial charge in [-0.15, -0.1) is 0 Å². The van der Waals surface area contributed by atoms with Gasteiger partial charge in [-0.25, -0.2) is 0 Å². The Hall–Kier alpha value is -1.02. The van der Waals surface area contributed by atoms with Gasteiger partial charge in [0.15, 0.2) is 0 Å². The number of hydrogen-bond acceptors (Lipinski definition) is 1. The minimum atomic E-state index is 0.389. The number of aromatic hydroxyl groups is 1. The monoisotopic (exact) mass is 334 g/mol. The molecule has 0 heterocycles. The number of quaternary nitrogens is 1. The van der Waals surface area contributed by atoms with E-state index >= 15 is 0 Å². The summed E-state index contributed by atoms with van der Waals surface area (Å²) in [7, 11) is 0. The van der Waals surface area contributed by atoms with Crippen LogP contribution in [0.15, 0.2) is 24.3 Å².